The number of nitrogens with one attached hydrogen (secondary N) is 1. The van der Waals surface area contributed by atoms with Crippen molar-refractivity contribution in [3.63, 3.8) is 0 Å². The Morgan fingerprint density at radius 3 is 2.76 bits per heavy atom. The molecule has 0 bridgehead atoms. The average Bonchev–Trinajstić information content (AvgIpc) is 2.29. The molecule has 1 unspecified atom stereocenters. The van der Waals surface area contributed by atoms with E-state index in [0.717, 1.165) is 0 Å². The minimum Gasteiger partial charge on any atom is -0.385 e. The first-order valence-electron chi connectivity index (χ1n) is 4.93. The zero-order chi connectivity index (χ0) is 13.0. The summed E-state index contributed by atoms with van der Waals surface area (Å²) in [5.74, 6) is -0.585. The lowest BCUT2D eigenvalue weighted by molar-refractivity contribution is -0.00270. The zero-order valence-corrected chi connectivity index (χ0v) is 9.84. The maximum atomic E-state index is 12.0. The van der Waals surface area contributed by atoms with Crippen LogP contribution in [-0.4, -0.2) is 30.1 Å². The molecule has 3 nitrogen and oxygen atoms in total. The summed E-state index contributed by atoms with van der Waals surface area (Å²) in [5, 5.41) is 11.3. The fourth-order valence-electron chi connectivity index (χ4n) is 1.20. The minimum absolute atomic E-state index is 0.202. The largest absolute Gasteiger partial charge is 0.385 e. The van der Waals surface area contributed by atoms with Crippen LogP contribution in [0.2, 0.25) is 5.02 Å². The van der Waals surface area contributed by atoms with Gasteiger partial charge in [0.25, 0.3) is 12.3 Å². The molecule has 17 heavy (non-hydrogen) atoms. The third kappa shape index (κ3) is 3.64. The highest BCUT2D eigenvalue weighted by atomic mass is 35.5. The van der Waals surface area contributed by atoms with Crippen LogP contribution in [0.3, 0.4) is 0 Å². The number of amides is 1. The van der Waals surface area contributed by atoms with Gasteiger partial charge >= 0.3 is 0 Å². The van der Waals surface area contributed by atoms with Crippen LogP contribution in [0.1, 0.15) is 15.9 Å². The van der Waals surface area contributed by atoms with Crippen LogP contribution in [0.15, 0.2) is 18.2 Å². The summed E-state index contributed by atoms with van der Waals surface area (Å²) in [4.78, 5) is 11.6. The van der Waals surface area contributed by atoms with Gasteiger partial charge in [0.15, 0.2) is 0 Å². The Hall–Kier alpha value is -1.20. The first kappa shape index (κ1) is 13.9. The predicted octanol–water partition coefficient (Wildman–Crippen LogP) is 2.00. The number of aliphatic hydroxyl groups excluding tert-OH is 1. The van der Waals surface area contributed by atoms with Gasteiger partial charge in [-0.3, -0.25) is 4.79 Å². The molecule has 0 heterocycles. The number of carbonyl (C=O) groups excluding carboxylic acids is 1. The van der Waals surface area contributed by atoms with Gasteiger partial charge in [0.2, 0.25) is 0 Å². The van der Waals surface area contributed by atoms with Gasteiger partial charge in [0.1, 0.15) is 6.10 Å². The van der Waals surface area contributed by atoms with Crippen LogP contribution in [0.4, 0.5) is 8.78 Å². The zero-order valence-electron chi connectivity index (χ0n) is 9.08. The van der Waals surface area contributed by atoms with Crippen molar-refractivity contribution in [1.82, 2.24) is 5.32 Å². The summed E-state index contributed by atoms with van der Waals surface area (Å²) in [6, 6.07) is 4.85. The second kappa shape index (κ2) is 5.93. The van der Waals surface area contributed by atoms with Gasteiger partial charge < -0.3 is 10.4 Å². The maximum absolute atomic E-state index is 12.0. The number of aryl methyl sites for hydroxylation is 1. The predicted molar refractivity (Wildman–Crippen MR) is 60.5 cm³/mol. The van der Waals surface area contributed by atoms with Crippen LogP contribution in [0.25, 0.3) is 0 Å². The Balaban J connectivity index is 2.68. The van der Waals surface area contributed by atoms with Crippen molar-refractivity contribution in [2.45, 2.75) is 19.5 Å². The van der Waals surface area contributed by atoms with E-state index in [-0.39, 0.29) is 10.6 Å². The number of alkyl halides is 2. The van der Waals surface area contributed by atoms with Gasteiger partial charge in [-0.05, 0) is 18.6 Å². The van der Waals surface area contributed by atoms with E-state index >= 15 is 0 Å². The highest BCUT2D eigenvalue weighted by molar-refractivity contribution is 6.34. The number of benzene rings is 1. The number of halogens is 3. The fourth-order valence-corrected chi connectivity index (χ4v) is 1.42. The van der Waals surface area contributed by atoms with Gasteiger partial charge in [0, 0.05) is 6.54 Å². The van der Waals surface area contributed by atoms with Gasteiger partial charge in [-0.25, -0.2) is 8.78 Å². The van der Waals surface area contributed by atoms with Crippen LogP contribution in [0, 0.1) is 6.92 Å². The second-order valence-corrected chi connectivity index (χ2v) is 3.93. The molecule has 0 aliphatic heterocycles. The Bertz CT molecular complexity index is 412. The first-order chi connectivity index (χ1) is 7.93. The molecule has 0 saturated heterocycles. The summed E-state index contributed by atoms with van der Waals surface area (Å²) >= 11 is 5.89. The third-order valence-electron chi connectivity index (χ3n) is 2.20. The second-order valence-electron chi connectivity index (χ2n) is 3.55. The van der Waals surface area contributed by atoms with Crippen molar-refractivity contribution in [3.05, 3.63) is 34.3 Å². The van der Waals surface area contributed by atoms with E-state index < -0.39 is 25.0 Å². The van der Waals surface area contributed by atoms with E-state index in [1.54, 1.807) is 19.1 Å². The molecule has 94 valence electrons. The molecular weight excluding hydrogens is 252 g/mol. The standard InChI is InChI=1S/C11H12ClF2NO2/c1-6-3-2-4-7(9(6)12)11(17)15-5-8(16)10(13)14/h2-4,8,10,16H,5H2,1H3,(H,15,17). The van der Waals surface area contributed by atoms with Gasteiger partial charge in [-0.15, -0.1) is 0 Å². The van der Waals surface area contributed by atoms with Crippen molar-refractivity contribution >= 4 is 17.5 Å². The van der Waals surface area contributed by atoms with E-state index in [4.69, 9.17) is 16.7 Å². The normalized spacial score (nSPS) is 12.6. The number of aliphatic hydroxyl groups is 1. The Labute approximate surface area is 102 Å². The maximum Gasteiger partial charge on any atom is 0.265 e. The van der Waals surface area contributed by atoms with E-state index in [2.05, 4.69) is 5.32 Å². The van der Waals surface area contributed by atoms with Crippen LogP contribution < -0.4 is 5.32 Å². The molecule has 0 aromatic heterocycles. The number of carbonyl (C=O) groups is 1. The third-order valence-corrected chi connectivity index (χ3v) is 2.70. The lowest BCUT2D eigenvalue weighted by Crippen LogP contribution is -2.35. The van der Waals surface area contributed by atoms with E-state index in [0.29, 0.717) is 5.56 Å². The summed E-state index contributed by atoms with van der Waals surface area (Å²) in [6.45, 7) is 1.22. The van der Waals surface area contributed by atoms with Crippen LogP contribution >= 0.6 is 11.6 Å². The molecular formula is C11H12ClF2NO2. The fraction of sp³-hybridized carbons (Fsp3) is 0.364. The molecule has 1 atom stereocenters. The van der Waals surface area contributed by atoms with Crippen LogP contribution in [0.5, 0.6) is 0 Å². The molecule has 0 aliphatic rings. The minimum atomic E-state index is -2.89. The summed E-state index contributed by atoms with van der Waals surface area (Å²) < 4.78 is 24.0. The highest BCUT2D eigenvalue weighted by Gasteiger charge is 2.18. The topological polar surface area (TPSA) is 49.3 Å². The molecule has 0 aliphatic carbocycles. The lowest BCUT2D eigenvalue weighted by Gasteiger charge is -2.11. The highest BCUT2D eigenvalue weighted by Crippen LogP contribution is 2.19. The SMILES string of the molecule is Cc1cccc(C(=O)NCC(O)C(F)F)c1Cl. The van der Waals surface area contributed by atoms with E-state index in [1.165, 1.54) is 6.07 Å². The van der Waals surface area contributed by atoms with Gasteiger partial charge in [-0.1, -0.05) is 23.7 Å². The molecule has 2 N–H and O–H groups in total. The molecule has 1 rings (SSSR count). The Morgan fingerprint density at radius 2 is 2.18 bits per heavy atom. The molecule has 0 saturated carbocycles. The van der Waals surface area contributed by atoms with Crippen molar-refractivity contribution < 1.29 is 18.7 Å². The number of hydrogen-bond donors (Lipinski definition) is 2. The molecule has 0 fully saturated rings. The molecule has 1 aromatic carbocycles. The molecule has 1 amide bonds. The van der Waals surface area contributed by atoms with E-state index in [1.807, 2.05) is 0 Å². The summed E-state index contributed by atoms with van der Waals surface area (Å²) in [7, 11) is 0. The quantitative estimate of drug-likeness (QED) is 0.873. The molecule has 0 radical (unpaired) electrons. The Morgan fingerprint density at radius 1 is 1.53 bits per heavy atom. The molecule has 0 spiro atoms. The smallest absolute Gasteiger partial charge is 0.265 e. The Kier molecular flexibility index (Phi) is 4.84. The number of hydrogen-bond acceptors (Lipinski definition) is 2. The van der Waals surface area contributed by atoms with Crippen molar-refractivity contribution in [2.75, 3.05) is 6.54 Å². The summed E-state index contributed by atoms with van der Waals surface area (Å²) in [6.07, 6.45) is -4.76. The molecule has 6 heteroatoms. The van der Waals surface area contributed by atoms with Crippen LogP contribution in [-0.2, 0) is 0 Å². The monoisotopic (exact) mass is 263 g/mol. The van der Waals surface area contributed by atoms with Gasteiger partial charge in [0.05, 0.1) is 10.6 Å². The average molecular weight is 264 g/mol. The summed E-state index contributed by atoms with van der Waals surface area (Å²) in [5.41, 5.74) is 0.918. The van der Waals surface area contributed by atoms with Crippen molar-refractivity contribution in [3.8, 4) is 0 Å². The molecule has 1 aromatic rings. The van der Waals surface area contributed by atoms with E-state index in [9.17, 15) is 13.6 Å². The lowest BCUT2D eigenvalue weighted by atomic mass is 10.1. The van der Waals surface area contributed by atoms with Crippen molar-refractivity contribution in [2.24, 2.45) is 0 Å². The number of rotatable bonds is 4. The van der Waals surface area contributed by atoms with Gasteiger partial charge in [-0.2, -0.15) is 0 Å². The first-order valence-corrected chi connectivity index (χ1v) is 5.30. The van der Waals surface area contributed by atoms with Crippen molar-refractivity contribution in [1.29, 1.82) is 0 Å².